The molecule has 0 unspecified atom stereocenters. The molecule has 1 aliphatic rings. The maximum absolute atomic E-state index is 12.9. The third-order valence-corrected chi connectivity index (χ3v) is 7.95. The average molecular weight is 492 g/mol. The second kappa shape index (κ2) is 8.72. The first-order valence-electron chi connectivity index (χ1n) is 8.80. The fourth-order valence-electron chi connectivity index (χ4n) is 3.07. The van der Waals surface area contributed by atoms with Gasteiger partial charge in [0.1, 0.15) is 4.90 Å². The van der Waals surface area contributed by atoms with Crippen molar-refractivity contribution in [3.8, 4) is 0 Å². The number of carbonyl (C=O) groups excluding carboxylic acids is 1. The Morgan fingerprint density at radius 3 is 2.23 bits per heavy atom. The number of halogens is 2. The number of piperazine rings is 1. The first-order valence-corrected chi connectivity index (χ1v) is 12.9. The van der Waals surface area contributed by atoms with E-state index in [1.807, 2.05) is 0 Å². The summed E-state index contributed by atoms with van der Waals surface area (Å²) >= 11 is 12.0. The first-order chi connectivity index (χ1) is 14.0. The Morgan fingerprint density at radius 2 is 1.60 bits per heavy atom. The van der Waals surface area contributed by atoms with Crippen molar-refractivity contribution in [2.45, 2.75) is 4.90 Å². The minimum Gasteiger partial charge on any atom is -0.336 e. The van der Waals surface area contributed by atoms with Crippen LogP contribution in [0.1, 0.15) is 10.4 Å². The summed E-state index contributed by atoms with van der Waals surface area (Å²) in [7, 11) is -7.32. The van der Waals surface area contributed by atoms with E-state index in [4.69, 9.17) is 23.2 Å². The molecule has 1 saturated heterocycles. The van der Waals surface area contributed by atoms with Crippen LogP contribution in [0.4, 0.5) is 5.69 Å². The van der Waals surface area contributed by atoms with Crippen LogP contribution in [0, 0.1) is 0 Å². The summed E-state index contributed by atoms with van der Waals surface area (Å²) in [5.41, 5.74) is 0.581. The minimum absolute atomic E-state index is 0.0344. The summed E-state index contributed by atoms with van der Waals surface area (Å²) < 4.78 is 52.2. The molecule has 1 heterocycles. The van der Waals surface area contributed by atoms with Crippen LogP contribution in [0.15, 0.2) is 47.4 Å². The number of hydrogen-bond acceptors (Lipinski definition) is 5. The molecule has 0 atom stereocenters. The number of nitrogens with one attached hydrogen (secondary N) is 1. The van der Waals surface area contributed by atoms with Crippen LogP contribution in [0.3, 0.4) is 0 Å². The lowest BCUT2D eigenvalue weighted by molar-refractivity contribution is 0.0698. The van der Waals surface area contributed by atoms with Gasteiger partial charge in [-0.1, -0.05) is 35.3 Å². The van der Waals surface area contributed by atoms with Crippen molar-refractivity contribution in [2.24, 2.45) is 0 Å². The van der Waals surface area contributed by atoms with Crippen LogP contribution >= 0.6 is 23.2 Å². The van der Waals surface area contributed by atoms with E-state index in [0.29, 0.717) is 5.56 Å². The van der Waals surface area contributed by atoms with Crippen LogP contribution < -0.4 is 4.72 Å². The lowest BCUT2D eigenvalue weighted by Crippen LogP contribution is -2.50. The average Bonchev–Trinajstić information content (AvgIpc) is 2.68. The van der Waals surface area contributed by atoms with Gasteiger partial charge in [0, 0.05) is 37.4 Å². The van der Waals surface area contributed by atoms with E-state index < -0.39 is 20.0 Å². The number of nitrogens with zero attached hydrogens (tertiary/aromatic N) is 2. The smallest absolute Gasteiger partial charge is 0.254 e. The molecule has 0 aromatic heterocycles. The predicted octanol–water partition coefficient (Wildman–Crippen LogP) is 2.51. The van der Waals surface area contributed by atoms with E-state index in [0.717, 1.165) is 6.26 Å². The number of carbonyl (C=O) groups is 1. The van der Waals surface area contributed by atoms with E-state index in [-0.39, 0.29) is 52.7 Å². The monoisotopic (exact) mass is 491 g/mol. The third kappa shape index (κ3) is 5.06. The summed E-state index contributed by atoms with van der Waals surface area (Å²) in [6.45, 7) is 0.552. The summed E-state index contributed by atoms with van der Waals surface area (Å²) in [6, 6.07) is 10.5. The van der Waals surface area contributed by atoms with Crippen LogP contribution in [-0.2, 0) is 20.0 Å². The number of hydrogen-bond donors (Lipinski definition) is 1. The molecule has 1 fully saturated rings. The molecule has 162 valence electrons. The Morgan fingerprint density at radius 1 is 0.967 bits per heavy atom. The zero-order chi connectivity index (χ0) is 22.1. The highest BCUT2D eigenvalue weighted by Crippen LogP contribution is 2.31. The number of amides is 1. The molecule has 1 amide bonds. The molecule has 3 rings (SSSR count). The van der Waals surface area contributed by atoms with Gasteiger partial charge in [0.25, 0.3) is 5.91 Å². The molecule has 30 heavy (non-hydrogen) atoms. The van der Waals surface area contributed by atoms with Gasteiger partial charge in [-0.15, -0.1) is 0 Å². The van der Waals surface area contributed by atoms with Crippen molar-refractivity contribution >= 4 is 54.8 Å². The molecule has 0 aliphatic carbocycles. The maximum atomic E-state index is 12.9. The van der Waals surface area contributed by atoms with E-state index in [1.54, 1.807) is 12.1 Å². The summed E-state index contributed by atoms with van der Waals surface area (Å²) in [4.78, 5) is 14.2. The van der Waals surface area contributed by atoms with Gasteiger partial charge in [0.05, 0.1) is 16.3 Å². The van der Waals surface area contributed by atoms with E-state index in [9.17, 15) is 21.6 Å². The normalized spacial score (nSPS) is 15.8. The highest BCUT2D eigenvalue weighted by Gasteiger charge is 2.32. The summed E-state index contributed by atoms with van der Waals surface area (Å²) in [5.74, 6) is -0.315. The zero-order valence-corrected chi connectivity index (χ0v) is 19.0. The molecule has 0 radical (unpaired) electrons. The van der Waals surface area contributed by atoms with Crippen molar-refractivity contribution in [3.05, 3.63) is 58.1 Å². The minimum atomic E-state index is -3.85. The Balaban J connectivity index is 1.72. The van der Waals surface area contributed by atoms with Crippen LogP contribution in [0.5, 0.6) is 0 Å². The van der Waals surface area contributed by atoms with E-state index >= 15 is 0 Å². The van der Waals surface area contributed by atoms with E-state index in [1.165, 1.54) is 39.5 Å². The molecule has 1 aliphatic heterocycles. The second-order valence-corrected chi connectivity index (χ2v) is 11.1. The highest BCUT2D eigenvalue weighted by atomic mass is 35.5. The summed E-state index contributed by atoms with van der Waals surface area (Å²) in [6.07, 6.45) is 1.02. The highest BCUT2D eigenvalue weighted by molar-refractivity contribution is 7.92. The lowest BCUT2D eigenvalue weighted by atomic mass is 10.1. The fourth-order valence-corrected chi connectivity index (χ4v) is 5.78. The van der Waals surface area contributed by atoms with Crippen LogP contribution in [-0.4, -0.2) is 64.4 Å². The molecule has 12 heteroatoms. The number of benzene rings is 2. The van der Waals surface area contributed by atoms with Crippen molar-refractivity contribution in [3.63, 3.8) is 0 Å². The van der Waals surface area contributed by atoms with Crippen LogP contribution in [0.25, 0.3) is 0 Å². The quantitative estimate of drug-likeness (QED) is 0.691. The Labute approximate surface area is 185 Å². The van der Waals surface area contributed by atoms with Gasteiger partial charge in [-0.25, -0.2) is 16.8 Å². The lowest BCUT2D eigenvalue weighted by Gasteiger charge is -2.34. The third-order valence-electron chi connectivity index (χ3n) is 4.47. The standard InChI is InChI=1S/C18H19Cl2N3O5S2/c1-29(25,26)21-14-5-2-4-13(12-14)18(24)22-8-10-23(11-9-22)30(27,28)16-7-3-6-15(19)17(16)20/h2-7,12,21H,8-11H2,1H3. The molecule has 1 N–H and O–H groups in total. The van der Waals surface area contributed by atoms with Crippen LogP contribution in [0.2, 0.25) is 10.0 Å². The Hall–Kier alpha value is -1.85. The predicted molar refractivity (Wildman–Crippen MR) is 116 cm³/mol. The van der Waals surface area contributed by atoms with Gasteiger partial charge in [-0.2, -0.15) is 4.31 Å². The molecule has 0 bridgehead atoms. The molecule has 0 spiro atoms. The second-order valence-electron chi connectivity index (χ2n) is 6.70. The Bertz CT molecular complexity index is 1180. The van der Waals surface area contributed by atoms with Gasteiger partial charge in [-0.3, -0.25) is 9.52 Å². The van der Waals surface area contributed by atoms with Crippen molar-refractivity contribution < 1.29 is 21.6 Å². The largest absolute Gasteiger partial charge is 0.336 e. The number of rotatable bonds is 5. The SMILES string of the molecule is CS(=O)(=O)Nc1cccc(C(=O)N2CCN(S(=O)(=O)c3cccc(Cl)c3Cl)CC2)c1. The molecule has 8 nitrogen and oxygen atoms in total. The zero-order valence-electron chi connectivity index (χ0n) is 15.9. The van der Waals surface area contributed by atoms with Gasteiger partial charge in [-0.05, 0) is 30.3 Å². The van der Waals surface area contributed by atoms with Gasteiger partial charge < -0.3 is 4.90 Å². The topological polar surface area (TPSA) is 104 Å². The van der Waals surface area contributed by atoms with Gasteiger partial charge in [0.2, 0.25) is 20.0 Å². The molecular formula is C18H19Cl2N3O5S2. The van der Waals surface area contributed by atoms with Gasteiger partial charge in [0.15, 0.2) is 0 Å². The number of anilines is 1. The molecule has 0 saturated carbocycles. The molecule has 2 aromatic rings. The Kier molecular flexibility index (Phi) is 6.63. The molecular weight excluding hydrogens is 473 g/mol. The fraction of sp³-hybridized carbons (Fsp3) is 0.278. The molecule has 2 aromatic carbocycles. The summed E-state index contributed by atoms with van der Waals surface area (Å²) in [5, 5.41) is 0.113. The van der Waals surface area contributed by atoms with Crippen molar-refractivity contribution in [1.29, 1.82) is 0 Å². The maximum Gasteiger partial charge on any atom is 0.254 e. The van der Waals surface area contributed by atoms with Gasteiger partial charge >= 0.3 is 0 Å². The van der Waals surface area contributed by atoms with E-state index in [2.05, 4.69) is 4.72 Å². The van der Waals surface area contributed by atoms with Crippen molar-refractivity contribution in [2.75, 3.05) is 37.2 Å². The number of sulfonamides is 2. The first kappa shape index (κ1) is 22.8. The van der Waals surface area contributed by atoms with Crippen molar-refractivity contribution in [1.82, 2.24) is 9.21 Å².